The molecule has 0 nitrogen and oxygen atoms in total. The second kappa shape index (κ2) is 13.1. The maximum atomic E-state index is 14.0. The minimum absolute atomic E-state index is 0.0459. The third-order valence-corrected chi connectivity index (χ3v) is 8.25. The van der Waals surface area contributed by atoms with Crippen molar-refractivity contribution in [1.29, 1.82) is 0 Å². The Morgan fingerprint density at radius 2 is 1.24 bits per heavy atom. The van der Waals surface area contributed by atoms with Crippen molar-refractivity contribution in [3.05, 3.63) is 47.0 Å². The van der Waals surface area contributed by atoms with Crippen molar-refractivity contribution in [2.75, 3.05) is 0 Å². The van der Waals surface area contributed by atoms with Crippen molar-refractivity contribution in [2.45, 2.75) is 115 Å². The van der Waals surface area contributed by atoms with Gasteiger partial charge in [0.1, 0.15) is 17.2 Å². The molecule has 0 spiro atoms. The fraction of sp³-hybridized carbons (Fsp3) is 0.724. The number of benzene rings is 1. The Morgan fingerprint density at radius 1 is 0.735 bits per heavy atom. The summed E-state index contributed by atoms with van der Waals surface area (Å²) in [5.74, 6) is -0.655. The molecular weight excluding hydrogens is 443 g/mol. The lowest BCUT2D eigenvalue weighted by molar-refractivity contribution is -0.142. The molecular formula is C29H41F5. The van der Waals surface area contributed by atoms with Crippen LogP contribution in [-0.4, -0.2) is 0 Å². The first kappa shape index (κ1) is 27.2. The molecule has 5 heteroatoms. The van der Waals surface area contributed by atoms with Crippen LogP contribution in [0.4, 0.5) is 22.0 Å². The van der Waals surface area contributed by atoms with Gasteiger partial charge in [0, 0.05) is 0 Å². The van der Waals surface area contributed by atoms with E-state index in [0.717, 1.165) is 56.1 Å². The predicted molar refractivity (Wildman–Crippen MR) is 129 cm³/mol. The van der Waals surface area contributed by atoms with Crippen LogP contribution in [0.25, 0.3) is 0 Å². The van der Waals surface area contributed by atoms with Gasteiger partial charge in [0.2, 0.25) is 0 Å². The second-order valence-electron chi connectivity index (χ2n) is 10.7. The van der Waals surface area contributed by atoms with E-state index in [-0.39, 0.29) is 5.92 Å². The lowest BCUT2D eigenvalue weighted by Crippen LogP contribution is -2.18. The highest BCUT2D eigenvalue weighted by atomic mass is 19.4. The molecule has 0 heterocycles. The molecule has 1 aromatic carbocycles. The van der Waals surface area contributed by atoms with Gasteiger partial charge in [-0.1, -0.05) is 70.4 Å². The van der Waals surface area contributed by atoms with Crippen LogP contribution in [0.5, 0.6) is 0 Å². The molecule has 0 unspecified atom stereocenters. The largest absolute Gasteiger partial charge is 0.422 e. The van der Waals surface area contributed by atoms with Crippen LogP contribution in [0, 0.1) is 29.4 Å². The van der Waals surface area contributed by atoms with Gasteiger partial charge in [-0.25, -0.2) is 8.78 Å². The fourth-order valence-electron chi connectivity index (χ4n) is 6.14. The first-order chi connectivity index (χ1) is 16.3. The molecule has 2 fully saturated rings. The van der Waals surface area contributed by atoms with Crippen molar-refractivity contribution in [3.63, 3.8) is 0 Å². The summed E-state index contributed by atoms with van der Waals surface area (Å²) in [5.41, 5.74) is -1.40. The quantitative estimate of drug-likeness (QED) is 0.176. The molecule has 192 valence electrons. The lowest BCUT2D eigenvalue weighted by atomic mass is 9.74. The molecule has 34 heavy (non-hydrogen) atoms. The van der Waals surface area contributed by atoms with Crippen molar-refractivity contribution in [1.82, 2.24) is 0 Å². The second-order valence-corrected chi connectivity index (χ2v) is 10.7. The van der Waals surface area contributed by atoms with Crippen LogP contribution in [0.2, 0.25) is 0 Å². The summed E-state index contributed by atoms with van der Waals surface area (Å²) in [6.45, 7) is 2.17. The Balaban J connectivity index is 1.34. The normalized spacial score (nSPS) is 26.3. The summed E-state index contributed by atoms with van der Waals surface area (Å²) in [6.07, 6.45) is 17.4. The smallest absolute Gasteiger partial charge is 0.206 e. The molecule has 0 N–H and O–H groups in total. The van der Waals surface area contributed by atoms with Crippen molar-refractivity contribution in [3.8, 4) is 0 Å². The van der Waals surface area contributed by atoms with E-state index in [4.69, 9.17) is 0 Å². The summed E-state index contributed by atoms with van der Waals surface area (Å²) < 4.78 is 66.4. The lowest BCUT2D eigenvalue weighted by Gasteiger charge is -2.32. The molecule has 2 aliphatic carbocycles. The van der Waals surface area contributed by atoms with Gasteiger partial charge in [0.15, 0.2) is 0 Å². The number of hydrogen-bond acceptors (Lipinski definition) is 0. The number of allylic oxidation sites excluding steroid dienone is 2. The van der Waals surface area contributed by atoms with E-state index in [1.807, 2.05) is 0 Å². The standard InChI is InChI=1S/C29H41F5/c1-2-3-4-5-6-7-8-21-9-11-22(12-10-21)13-14-23-15-17-24(18-16-23)25-19-26(30)28(27(31)20-25)29(32,33)34/h3-4,19-24H,2,5-18H2,1H3. The number of hydrogen-bond donors (Lipinski definition) is 0. The Kier molecular flexibility index (Phi) is 10.5. The summed E-state index contributed by atoms with van der Waals surface area (Å²) in [7, 11) is 0. The van der Waals surface area contributed by atoms with Gasteiger partial charge in [-0.2, -0.15) is 13.2 Å². The van der Waals surface area contributed by atoms with Crippen LogP contribution in [0.15, 0.2) is 24.3 Å². The summed E-state index contributed by atoms with van der Waals surface area (Å²) in [5, 5.41) is 0. The van der Waals surface area contributed by atoms with E-state index >= 15 is 0 Å². The Bertz CT molecular complexity index is 742. The van der Waals surface area contributed by atoms with Crippen LogP contribution >= 0.6 is 0 Å². The zero-order valence-corrected chi connectivity index (χ0v) is 20.6. The highest BCUT2D eigenvalue weighted by molar-refractivity contribution is 5.30. The molecule has 3 rings (SSSR count). The number of alkyl halides is 3. The van der Waals surface area contributed by atoms with Gasteiger partial charge in [-0.15, -0.1) is 0 Å². The van der Waals surface area contributed by atoms with Gasteiger partial charge in [-0.3, -0.25) is 0 Å². The zero-order valence-electron chi connectivity index (χ0n) is 20.6. The fourth-order valence-corrected chi connectivity index (χ4v) is 6.14. The third-order valence-electron chi connectivity index (χ3n) is 8.25. The number of unbranched alkanes of at least 4 members (excludes halogenated alkanes) is 2. The van der Waals surface area contributed by atoms with E-state index in [9.17, 15) is 22.0 Å². The molecule has 0 bridgehead atoms. The minimum atomic E-state index is -5.00. The monoisotopic (exact) mass is 484 g/mol. The molecule has 0 amide bonds. The van der Waals surface area contributed by atoms with Gasteiger partial charge in [-0.05, 0) is 86.3 Å². The van der Waals surface area contributed by atoms with E-state index in [1.54, 1.807) is 0 Å². The molecule has 0 atom stereocenters. The zero-order chi connectivity index (χ0) is 24.6. The van der Waals surface area contributed by atoms with Gasteiger partial charge >= 0.3 is 6.18 Å². The van der Waals surface area contributed by atoms with Crippen LogP contribution in [-0.2, 0) is 6.18 Å². The average molecular weight is 485 g/mol. The van der Waals surface area contributed by atoms with Crippen LogP contribution in [0.3, 0.4) is 0 Å². The first-order valence-corrected chi connectivity index (χ1v) is 13.5. The summed E-state index contributed by atoms with van der Waals surface area (Å²) in [6, 6.07) is 1.80. The van der Waals surface area contributed by atoms with Gasteiger partial charge < -0.3 is 0 Å². The minimum Gasteiger partial charge on any atom is -0.206 e. The van der Waals surface area contributed by atoms with Gasteiger partial charge in [0.05, 0.1) is 0 Å². The summed E-state index contributed by atoms with van der Waals surface area (Å²) >= 11 is 0. The number of rotatable bonds is 10. The maximum Gasteiger partial charge on any atom is 0.422 e. The Morgan fingerprint density at radius 3 is 1.74 bits per heavy atom. The molecule has 0 aliphatic heterocycles. The van der Waals surface area contributed by atoms with Crippen molar-refractivity contribution >= 4 is 0 Å². The average Bonchev–Trinajstić information content (AvgIpc) is 2.79. The van der Waals surface area contributed by atoms with Gasteiger partial charge in [0.25, 0.3) is 0 Å². The highest BCUT2D eigenvalue weighted by Crippen LogP contribution is 2.42. The van der Waals surface area contributed by atoms with Crippen molar-refractivity contribution in [2.24, 2.45) is 17.8 Å². The molecule has 1 aromatic rings. The Labute approximate surface area is 202 Å². The molecule has 2 aliphatic rings. The van der Waals surface area contributed by atoms with E-state index < -0.39 is 23.4 Å². The van der Waals surface area contributed by atoms with E-state index in [1.165, 1.54) is 64.2 Å². The highest BCUT2D eigenvalue weighted by Gasteiger charge is 2.38. The van der Waals surface area contributed by atoms with Crippen molar-refractivity contribution < 1.29 is 22.0 Å². The van der Waals surface area contributed by atoms with E-state index in [0.29, 0.717) is 11.5 Å². The van der Waals surface area contributed by atoms with Crippen LogP contribution < -0.4 is 0 Å². The molecule has 0 aromatic heterocycles. The SMILES string of the molecule is CCC=CCCCCC1CCC(CCC2CCC(c3cc(F)c(C(F)(F)F)c(F)c3)CC2)CC1. The van der Waals surface area contributed by atoms with E-state index in [2.05, 4.69) is 19.1 Å². The summed E-state index contributed by atoms with van der Waals surface area (Å²) in [4.78, 5) is 0. The molecule has 2 saturated carbocycles. The number of halogens is 5. The van der Waals surface area contributed by atoms with Crippen LogP contribution in [0.1, 0.15) is 120 Å². The predicted octanol–water partition coefficient (Wildman–Crippen LogP) is 10.4. The topological polar surface area (TPSA) is 0 Å². The maximum absolute atomic E-state index is 14.0. The third kappa shape index (κ3) is 8.09. The first-order valence-electron chi connectivity index (χ1n) is 13.5. The Hall–Kier alpha value is -1.39. The molecule has 0 radical (unpaired) electrons. The molecule has 0 saturated heterocycles.